The monoisotopic (exact) mass is 269 g/mol. The Balaban J connectivity index is 1.81. The number of likely N-dealkylation sites (tertiary alicyclic amines) is 1. The molecule has 1 saturated carbocycles. The number of nitrogens with two attached hydrogens (primary N) is 1. The van der Waals surface area contributed by atoms with Crippen molar-refractivity contribution in [2.24, 2.45) is 11.7 Å². The van der Waals surface area contributed by atoms with E-state index in [0.29, 0.717) is 6.04 Å². The summed E-state index contributed by atoms with van der Waals surface area (Å²) < 4.78 is 0. The standard InChI is InChI=1S/C15H31N3O/c1-17(2)11-13-5-8-18(9-6-13)14-4-3-7-15(16,10-14)12-19/h13-14,19H,3-12,16H2,1-2H3. The van der Waals surface area contributed by atoms with Crippen LogP contribution in [-0.2, 0) is 0 Å². The first-order chi connectivity index (χ1) is 9.02. The zero-order valence-electron chi connectivity index (χ0n) is 12.6. The number of nitrogens with zero attached hydrogens (tertiary/aromatic N) is 2. The maximum atomic E-state index is 9.46. The van der Waals surface area contributed by atoms with Crippen LogP contribution in [0.25, 0.3) is 0 Å². The van der Waals surface area contributed by atoms with Gasteiger partial charge in [0.05, 0.1) is 6.61 Å². The average Bonchev–Trinajstić information content (AvgIpc) is 2.39. The molecule has 2 aliphatic rings. The van der Waals surface area contributed by atoms with Gasteiger partial charge in [-0.15, -0.1) is 0 Å². The number of hydrogen-bond donors (Lipinski definition) is 2. The summed E-state index contributed by atoms with van der Waals surface area (Å²) in [5.41, 5.74) is 5.95. The van der Waals surface area contributed by atoms with Gasteiger partial charge in [-0.25, -0.2) is 0 Å². The molecular weight excluding hydrogens is 238 g/mol. The Labute approximate surface area is 117 Å². The van der Waals surface area contributed by atoms with Crippen LogP contribution in [0.1, 0.15) is 38.5 Å². The molecule has 1 aliphatic carbocycles. The van der Waals surface area contributed by atoms with Gasteiger partial charge in [-0.2, -0.15) is 0 Å². The summed E-state index contributed by atoms with van der Waals surface area (Å²) in [7, 11) is 4.33. The molecule has 0 spiro atoms. The van der Waals surface area contributed by atoms with Crippen molar-refractivity contribution in [2.45, 2.75) is 50.1 Å². The third kappa shape index (κ3) is 4.15. The highest BCUT2D eigenvalue weighted by Crippen LogP contribution is 2.31. The van der Waals surface area contributed by atoms with Crippen LogP contribution in [0, 0.1) is 5.92 Å². The van der Waals surface area contributed by atoms with Gasteiger partial charge in [-0.05, 0) is 71.6 Å². The van der Waals surface area contributed by atoms with Crippen LogP contribution in [0.15, 0.2) is 0 Å². The second kappa shape index (κ2) is 6.53. The number of aliphatic hydroxyl groups excluding tert-OH is 1. The van der Waals surface area contributed by atoms with E-state index >= 15 is 0 Å². The molecule has 0 aromatic rings. The SMILES string of the molecule is CN(C)CC1CCN(C2CCCC(N)(CO)C2)CC1. The number of hydrogen-bond acceptors (Lipinski definition) is 4. The van der Waals surface area contributed by atoms with Gasteiger partial charge in [0.25, 0.3) is 0 Å². The van der Waals surface area contributed by atoms with Crippen molar-refractivity contribution in [3.05, 3.63) is 0 Å². The lowest BCUT2D eigenvalue weighted by Gasteiger charge is -2.44. The fourth-order valence-corrected chi connectivity index (χ4v) is 3.84. The third-order valence-electron chi connectivity index (χ3n) is 4.96. The molecular formula is C15H31N3O. The number of rotatable bonds is 4. The van der Waals surface area contributed by atoms with E-state index < -0.39 is 0 Å². The second-order valence-electron chi connectivity index (χ2n) is 7.01. The van der Waals surface area contributed by atoms with E-state index in [2.05, 4.69) is 23.9 Å². The van der Waals surface area contributed by atoms with Gasteiger partial charge < -0.3 is 20.6 Å². The third-order valence-corrected chi connectivity index (χ3v) is 4.96. The Hall–Kier alpha value is -0.160. The molecule has 2 unspecified atom stereocenters. The first-order valence-corrected chi connectivity index (χ1v) is 7.81. The smallest absolute Gasteiger partial charge is 0.0611 e. The average molecular weight is 269 g/mol. The van der Waals surface area contributed by atoms with Gasteiger partial charge >= 0.3 is 0 Å². The lowest BCUT2D eigenvalue weighted by Crippen LogP contribution is -2.54. The van der Waals surface area contributed by atoms with Crippen molar-refractivity contribution in [3.8, 4) is 0 Å². The van der Waals surface area contributed by atoms with Crippen molar-refractivity contribution in [3.63, 3.8) is 0 Å². The van der Waals surface area contributed by atoms with Crippen LogP contribution in [0.2, 0.25) is 0 Å². The summed E-state index contributed by atoms with van der Waals surface area (Å²) in [5, 5.41) is 9.46. The summed E-state index contributed by atoms with van der Waals surface area (Å²) >= 11 is 0. The quantitative estimate of drug-likeness (QED) is 0.796. The van der Waals surface area contributed by atoms with E-state index in [1.807, 2.05) is 0 Å². The highest BCUT2D eigenvalue weighted by atomic mass is 16.3. The van der Waals surface area contributed by atoms with Gasteiger partial charge in [-0.1, -0.05) is 0 Å². The fourth-order valence-electron chi connectivity index (χ4n) is 3.84. The van der Waals surface area contributed by atoms with Crippen molar-refractivity contribution >= 4 is 0 Å². The molecule has 0 radical (unpaired) electrons. The van der Waals surface area contributed by atoms with Crippen molar-refractivity contribution in [1.29, 1.82) is 0 Å². The highest BCUT2D eigenvalue weighted by Gasteiger charge is 2.35. The Bertz CT molecular complexity index is 277. The topological polar surface area (TPSA) is 52.7 Å². The maximum absolute atomic E-state index is 9.46. The fraction of sp³-hybridized carbons (Fsp3) is 1.00. The molecule has 0 aromatic carbocycles. The molecule has 0 aromatic heterocycles. The molecule has 4 nitrogen and oxygen atoms in total. The molecule has 3 N–H and O–H groups in total. The van der Waals surface area contributed by atoms with Gasteiger partial charge in [0.1, 0.15) is 0 Å². The van der Waals surface area contributed by atoms with Gasteiger partial charge in [-0.3, -0.25) is 0 Å². The van der Waals surface area contributed by atoms with E-state index in [1.54, 1.807) is 0 Å². The Morgan fingerprint density at radius 2 is 1.95 bits per heavy atom. The molecule has 19 heavy (non-hydrogen) atoms. The van der Waals surface area contributed by atoms with Gasteiger partial charge in [0, 0.05) is 18.1 Å². The molecule has 0 bridgehead atoms. The molecule has 4 heteroatoms. The van der Waals surface area contributed by atoms with Crippen molar-refractivity contribution in [2.75, 3.05) is 40.3 Å². The molecule has 112 valence electrons. The molecule has 2 fully saturated rings. The molecule has 1 heterocycles. The summed E-state index contributed by atoms with van der Waals surface area (Å²) in [6.45, 7) is 3.78. The van der Waals surface area contributed by atoms with Crippen molar-refractivity contribution in [1.82, 2.24) is 9.80 Å². The Kier molecular flexibility index (Phi) is 5.23. The summed E-state index contributed by atoms with van der Waals surface area (Å²) in [5.74, 6) is 0.857. The summed E-state index contributed by atoms with van der Waals surface area (Å²) in [4.78, 5) is 4.93. The Morgan fingerprint density at radius 1 is 1.26 bits per heavy atom. The normalized spacial score (nSPS) is 34.9. The molecule has 2 rings (SSSR count). The molecule has 1 aliphatic heterocycles. The minimum atomic E-state index is -0.316. The molecule has 0 amide bonds. The van der Waals surface area contributed by atoms with Crippen LogP contribution in [-0.4, -0.2) is 66.8 Å². The Morgan fingerprint density at radius 3 is 2.53 bits per heavy atom. The lowest BCUT2D eigenvalue weighted by atomic mass is 9.79. The predicted octanol–water partition coefficient (Wildman–Crippen LogP) is 0.892. The number of piperidine rings is 1. The van der Waals surface area contributed by atoms with Crippen LogP contribution in [0.3, 0.4) is 0 Å². The summed E-state index contributed by atoms with van der Waals surface area (Å²) in [6.07, 6.45) is 7.01. The first-order valence-electron chi connectivity index (χ1n) is 7.81. The first kappa shape index (κ1) is 15.2. The van der Waals surface area contributed by atoms with E-state index in [1.165, 1.54) is 45.3 Å². The van der Waals surface area contributed by atoms with E-state index in [-0.39, 0.29) is 12.1 Å². The van der Waals surface area contributed by atoms with E-state index in [9.17, 15) is 5.11 Å². The second-order valence-corrected chi connectivity index (χ2v) is 7.01. The van der Waals surface area contributed by atoms with Crippen LogP contribution >= 0.6 is 0 Å². The zero-order valence-corrected chi connectivity index (χ0v) is 12.6. The summed E-state index contributed by atoms with van der Waals surface area (Å²) in [6, 6.07) is 0.603. The highest BCUT2D eigenvalue weighted by molar-refractivity contribution is 4.94. The van der Waals surface area contributed by atoms with Crippen LogP contribution in [0.5, 0.6) is 0 Å². The van der Waals surface area contributed by atoms with Gasteiger partial charge in [0.2, 0.25) is 0 Å². The minimum Gasteiger partial charge on any atom is -0.394 e. The van der Waals surface area contributed by atoms with Crippen LogP contribution < -0.4 is 5.73 Å². The van der Waals surface area contributed by atoms with Gasteiger partial charge in [0.15, 0.2) is 0 Å². The van der Waals surface area contributed by atoms with Crippen molar-refractivity contribution < 1.29 is 5.11 Å². The number of aliphatic hydroxyl groups is 1. The molecule has 2 atom stereocenters. The minimum absolute atomic E-state index is 0.139. The molecule has 1 saturated heterocycles. The van der Waals surface area contributed by atoms with E-state index in [4.69, 9.17) is 5.73 Å². The lowest BCUT2D eigenvalue weighted by molar-refractivity contribution is 0.0557. The van der Waals surface area contributed by atoms with E-state index in [0.717, 1.165) is 18.8 Å². The maximum Gasteiger partial charge on any atom is 0.0611 e. The zero-order chi connectivity index (χ0) is 13.9. The van der Waals surface area contributed by atoms with Crippen LogP contribution in [0.4, 0.5) is 0 Å². The predicted molar refractivity (Wildman–Crippen MR) is 79.1 cm³/mol. The largest absolute Gasteiger partial charge is 0.394 e.